The van der Waals surface area contributed by atoms with Crippen LogP contribution in [0.5, 0.6) is 0 Å². The lowest BCUT2D eigenvalue weighted by atomic mass is 9.93. The minimum atomic E-state index is -0.347. The van der Waals surface area contributed by atoms with Crippen molar-refractivity contribution < 1.29 is 13.7 Å². The normalized spacial score (nSPS) is 19.9. The van der Waals surface area contributed by atoms with Crippen LogP contribution < -0.4 is 10.9 Å². The molecule has 1 aromatic carbocycles. The standard InChI is InChI=1S/C18H24FN5O2/c1-11(2)7-15-21-16(26-23-15)10-24(3)18(25)14-9-20-22-17(14)12-5-4-6-13(19)8-12/h4-6,8,11,14,17,20,22H,7,9-10H2,1-3H3. The molecule has 7 nitrogen and oxygen atoms in total. The third-order valence-corrected chi connectivity index (χ3v) is 4.36. The predicted octanol–water partition coefficient (Wildman–Crippen LogP) is 1.83. The average Bonchev–Trinajstić information content (AvgIpc) is 3.23. The van der Waals surface area contributed by atoms with Crippen LogP contribution in [0.4, 0.5) is 4.39 Å². The molecule has 0 radical (unpaired) electrons. The Morgan fingerprint density at radius 2 is 2.27 bits per heavy atom. The largest absolute Gasteiger partial charge is 0.337 e. The van der Waals surface area contributed by atoms with Gasteiger partial charge in [0.2, 0.25) is 11.8 Å². The van der Waals surface area contributed by atoms with Gasteiger partial charge in [0.15, 0.2) is 5.82 Å². The van der Waals surface area contributed by atoms with Crippen LogP contribution in [0.25, 0.3) is 0 Å². The van der Waals surface area contributed by atoms with Crippen molar-refractivity contribution in [3.63, 3.8) is 0 Å². The van der Waals surface area contributed by atoms with E-state index in [1.165, 1.54) is 12.1 Å². The second kappa shape index (κ2) is 7.92. The molecule has 0 saturated carbocycles. The van der Waals surface area contributed by atoms with E-state index in [2.05, 4.69) is 34.8 Å². The number of hydrogen-bond acceptors (Lipinski definition) is 6. The highest BCUT2D eigenvalue weighted by molar-refractivity contribution is 5.80. The van der Waals surface area contributed by atoms with Crippen LogP contribution in [0.2, 0.25) is 0 Å². The molecule has 2 aromatic rings. The Balaban J connectivity index is 1.66. The number of halogens is 1. The van der Waals surface area contributed by atoms with Crippen molar-refractivity contribution in [3.8, 4) is 0 Å². The van der Waals surface area contributed by atoms with Gasteiger partial charge in [0.1, 0.15) is 5.82 Å². The highest BCUT2D eigenvalue weighted by Gasteiger charge is 2.36. The van der Waals surface area contributed by atoms with Gasteiger partial charge in [-0.2, -0.15) is 4.98 Å². The van der Waals surface area contributed by atoms with E-state index in [4.69, 9.17) is 4.52 Å². The molecule has 2 heterocycles. The van der Waals surface area contributed by atoms with Crippen LogP contribution >= 0.6 is 0 Å². The molecule has 1 aliphatic heterocycles. The highest BCUT2D eigenvalue weighted by atomic mass is 19.1. The molecule has 1 fully saturated rings. The van der Waals surface area contributed by atoms with Gasteiger partial charge < -0.3 is 9.42 Å². The molecule has 0 aliphatic carbocycles. The number of carbonyl (C=O) groups excluding carboxylic acids is 1. The third-order valence-electron chi connectivity index (χ3n) is 4.36. The molecule has 26 heavy (non-hydrogen) atoms. The number of rotatable bonds is 6. The molecule has 1 aliphatic rings. The molecule has 0 bridgehead atoms. The second-order valence-electron chi connectivity index (χ2n) is 7.06. The van der Waals surface area contributed by atoms with E-state index in [9.17, 15) is 9.18 Å². The SMILES string of the molecule is CC(C)Cc1noc(CN(C)C(=O)C2CNNC2c2cccc(F)c2)n1. The minimum Gasteiger partial charge on any atom is -0.337 e. The Morgan fingerprint density at radius 3 is 3.00 bits per heavy atom. The summed E-state index contributed by atoms with van der Waals surface area (Å²) < 4.78 is 18.8. The number of carbonyl (C=O) groups is 1. The first-order valence-electron chi connectivity index (χ1n) is 8.74. The molecule has 1 saturated heterocycles. The molecule has 3 rings (SSSR count). The number of nitrogens with one attached hydrogen (secondary N) is 2. The van der Waals surface area contributed by atoms with E-state index in [-0.39, 0.29) is 30.2 Å². The summed E-state index contributed by atoms with van der Waals surface area (Å²) in [7, 11) is 1.70. The fourth-order valence-corrected chi connectivity index (χ4v) is 3.11. The van der Waals surface area contributed by atoms with E-state index in [1.807, 2.05) is 6.07 Å². The van der Waals surface area contributed by atoms with Crippen molar-refractivity contribution in [2.75, 3.05) is 13.6 Å². The lowest BCUT2D eigenvalue weighted by Gasteiger charge is -2.23. The first-order valence-corrected chi connectivity index (χ1v) is 8.74. The summed E-state index contributed by atoms with van der Waals surface area (Å²) in [5.74, 6) is 0.761. The molecule has 2 N–H and O–H groups in total. The van der Waals surface area contributed by atoms with Crippen molar-refractivity contribution in [2.45, 2.75) is 32.9 Å². The second-order valence-corrected chi connectivity index (χ2v) is 7.06. The summed E-state index contributed by atoms with van der Waals surface area (Å²) in [5.41, 5.74) is 6.79. The maximum atomic E-state index is 13.5. The van der Waals surface area contributed by atoms with Gasteiger partial charge in [-0.15, -0.1) is 0 Å². The van der Waals surface area contributed by atoms with E-state index < -0.39 is 0 Å². The number of nitrogens with zero attached hydrogens (tertiary/aromatic N) is 3. The van der Waals surface area contributed by atoms with Gasteiger partial charge in [-0.05, 0) is 23.6 Å². The monoisotopic (exact) mass is 361 g/mol. The molecular formula is C18H24FN5O2. The first-order chi connectivity index (χ1) is 12.4. The number of hydrazine groups is 1. The number of amides is 1. The van der Waals surface area contributed by atoms with E-state index in [0.717, 1.165) is 12.0 Å². The Kier molecular flexibility index (Phi) is 5.63. The smallest absolute Gasteiger partial charge is 0.246 e. The van der Waals surface area contributed by atoms with Crippen LogP contribution in [-0.2, 0) is 17.8 Å². The molecule has 8 heteroatoms. The minimum absolute atomic E-state index is 0.0691. The molecule has 2 atom stereocenters. The summed E-state index contributed by atoms with van der Waals surface area (Å²) >= 11 is 0. The number of benzene rings is 1. The summed E-state index contributed by atoms with van der Waals surface area (Å²) in [6.07, 6.45) is 0.735. The lowest BCUT2D eigenvalue weighted by Crippen LogP contribution is -2.36. The Labute approximate surface area is 151 Å². The van der Waals surface area contributed by atoms with Crippen molar-refractivity contribution in [1.82, 2.24) is 25.9 Å². The first kappa shape index (κ1) is 18.5. The summed E-state index contributed by atoms with van der Waals surface area (Å²) in [6.45, 7) is 4.87. The Morgan fingerprint density at radius 1 is 1.46 bits per heavy atom. The maximum Gasteiger partial charge on any atom is 0.246 e. The Hall–Kier alpha value is -2.32. The van der Waals surface area contributed by atoms with Crippen molar-refractivity contribution in [1.29, 1.82) is 0 Å². The Bertz CT molecular complexity index is 764. The van der Waals surface area contributed by atoms with Gasteiger partial charge in [-0.3, -0.25) is 10.2 Å². The van der Waals surface area contributed by atoms with Crippen LogP contribution in [0.1, 0.15) is 37.2 Å². The topological polar surface area (TPSA) is 83.3 Å². The molecular weight excluding hydrogens is 337 g/mol. The van der Waals surface area contributed by atoms with Gasteiger partial charge in [0.25, 0.3) is 0 Å². The summed E-state index contributed by atoms with van der Waals surface area (Å²) in [5, 5.41) is 3.95. The molecule has 0 spiro atoms. The number of aromatic nitrogens is 2. The molecule has 1 amide bonds. The van der Waals surface area contributed by atoms with Crippen molar-refractivity contribution >= 4 is 5.91 Å². The zero-order valence-corrected chi connectivity index (χ0v) is 15.2. The molecule has 2 unspecified atom stereocenters. The van der Waals surface area contributed by atoms with E-state index >= 15 is 0 Å². The van der Waals surface area contributed by atoms with Gasteiger partial charge in [0.05, 0.1) is 18.5 Å². The quantitative estimate of drug-likeness (QED) is 0.817. The lowest BCUT2D eigenvalue weighted by molar-refractivity contribution is -0.135. The fourth-order valence-electron chi connectivity index (χ4n) is 3.11. The summed E-state index contributed by atoms with van der Waals surface area (Å²) in [6, 6.07) is 6.00. The zero-order chi connectivity index (χ0) is 18.7. The van der Waals surface area contributed by atoms with E-state index in [1.54, 1.807) is 18.0 Å². The van der Waals surface area contributed by atoms with Crippen LogP contribution in [-0.4, -0.2) is 34.5 Å². The van der Waals surface area contributed by atoms with Gasteiger partial charge >= 0.3 is 0 Å². The molecule has 1 aromatic heterocycles. The van der Waals surface area contributed by atoms with E-state index in [0.29, 0.717) is 24.2 Å². The predicted molar refractivity (Wildman–Crippen MR) is 93.1 cm³/mol. The van der Waals surface area contributed by atoms with Crippen molar-refractivity contribution in [2.24, 2.45) is 11.8 Å². The van der Waals surface area contributed by atoms with Gasteiger partial charge in [-0.25, -0.2) is 9.82 Å². The van der Waals surface area contributed by atoms with Crippen LogP contribution in [0.3, 0.4) is 0 Å². The highest BCUT2D eigenvalue weighted by Crippen LogP contribution is 2.27. The van der Waals surface area contributed by atoms with Gasteiger partial charge in [0, 0.05) is 20.0 Å². The van der Waals surface area contributed by atoms with Crippen molar-refractivity contribution in [3.05, 3.63) is 47.4 Å². The number of hydrogen-bond donors (Lipinski definition) is 2. The third kappa shape index (κ3) is 4.25. The van der Waals surface area contributed by atoms with Crippen LogP contribution in [0, 0.1) is 17.7 Å². The summed E-state index contributed by atoms with van der Waals surface area (Å²) in [4.78, 5) is 18.8. The van der Waals surface area contributed by atoms with Crippen LogP contribution in [0.15, 0.2) is 28.8 Å². The average molecular weight is 361 g/mol. The fraction of sp³-hybridized carbons (Fsp3) is 0.500. The molecule has 140 valence electrons. The maximum absolute atomic E-state index is 13.5. The van der Waals surface area contributed by atoms with Gasteiger partial charge in [-0.1, -0.05) is 31.1 Å². The zero-order valence-electron chi connectivity index (χ0n) is 15.2.